The van der Waals surface area contributed by atoms with Crippen LogP contribution in [-0.2, 0) is 4.79 Å². The summed E-state index contributed by atoms with van der Waals surface area (Å²) < 4.78 is 5.56. The van der Waals surface area contributed by atoms with E-state index in [4.69, 9.17) is 4.74 Å². The fourth-order valence-corrected chi connectivity index (χ4v) is 2.73. The summed E-state index contributed by atoms with van der Waals surface area (Å²) in [5.74, 6) is 0.758. The van der Waals surface area contributed by atoms with Gasteiger partial charge in [0.05, 0.1) is 6.04 Å². The predicted octanol–water partition coefficient (Wildman–Crippen LogP) is 2.82. The zero-order chi connectivity index (χ0) is 14.5. The number of pyridine rings is 1. The maximum Gasteiger partial charge on any atom is 0.261 e. The largest absolute Gasteiger partial charge is 0.484 e. The van der Waals surface area contributed by atoms with E-state index in [1.165, 1.54) is 0 Å². The first-order valence-corrected chi connectivity index (χ1v) is 7.22. The zero-order valence-electron chi connectivity index (χ0n) is 11.8. The number of aromatic nitrogens is 1. The van der Waals surface area contributed by atoms with Gasteiger partial charge in [0, 0.05) is 18.9 Å². The second kappa shape index (κ2) is 6.39. The maximum atomic E-state index is 12.4. The lowest BCUT2D eigenvalue weighted by molar-refractivity contribution is -0.134. The molecular weight excluding hydrogens is 264 g/mol. The van der Waals surface area contributed by atoms with Crippen LogP contribution in [0.2, 0.25) is 0 Å². The predicted molar refractivity (Wildman–Crippen MR) is 79.9 cm³/mol. The average Bonchev–Trinajstić information content (AvgIpc) is 3.04. The summed E-state index contributed by atoms with van der Waals surface area (Å²) in [7, 11) is 0. The van der Waals surface area contributed by atoms with Gasteiger partial charge < -0.3 is 9.64 Å². The highest BCUT2D eigenvalue weighted by atomic mass is 16.5. The summed E-state index contributed by atoms with van der Waals surface area (Å²) in [6.45, 7) is 0.872. The molecule has 1 fully saturated rings. The van der Waals surface area contributed by atoms with Gasteiger partial charge >= 0.3 is 0 Å². The van der Waals surface area contributed by atoms with Crippen LogP contribution in [-0.4, -0.2) is 28.9 Å². The van der Waals surface area contributed by atoms with E-state index in [0.717, 1.165) is 30.7 Å². The number of carbonyl (C=O) groups excluding carboxylic acids is 1. The van der Waals surface area contributed by atoms with Crippen molar-refractivity contribution in [1.82, 2.24) is 9.88 Å². The monoisotopic (exact) mass is 282 g/mol. The molecule has 1 aliphatic rings. The van der Waals surface area contributed by atoms with E-state index >= 15 is 0 Å². The third-order valence-electron chi connectivity index (χ3n) is 3.75. The molecule has 1 aromatic carbocycles. The van der Waals surface area contributed by atoms with Crippen LogP contribution >= 0.6 is 0 Å². The van der Waals surface area contributed by atoms with Crippen LogP contribution in [0.4, 0.5) is 0 Å². The lowest BCUT2D eigenvalue weighted by Gasteiger charge is -2.24. The minimum Gasteiger partial charge on any atom is -0.484 e. The van der Waals surface area contributed by atoms with Crippen molar-refractivity contribution in [2.75, 3.05) is 13.2 Å². The summed E-state index contributed by atoms with van der Waals surface area (Å²) in [6, 6.07) is 13.5. The molecule has 0 aliphatic carbocycles. The molecule has 0 spiro atoms. The number of rotatable bonds is 4. The van der Waals surface area contributed by atoms with Crippen molar-refractivity contribution in [2.24, 2.45) is 0 Å². The highest BCUT2D eigenvalue weighted by Crippen LogP contribution is 2.31. The lowest BCUT2D eigenvalue weighted by atomic mass is 10.1. The molecule has 0 N–H and O–H groups in total. The van der Waals surface area contributed by atoms with Gasteiger partial charge in [-0.3, -0.25) is 9.78 Å². The molecule has 4 nitrogen and oxygen atoms in total. The number of hydrogen-bond acceptors (Lipinski definition) is 3. The minimum absolute atomic E-state index is 0.0326. The molecule has 21 heavy (non-hydrogen) atoms. The first-order valence-electron chi connectivity index (χ1n) is 7.22. The number of para-hydroxylation sites is 1. The van der Waals surface area contributed by atoms with Crippen molar-refractivity contribution in [3.63, 3.8) is 0 Å². The summed E-state index contributed by atoms with van der Waals surface area (Å²) >= 11 is 0. The molecule has 1 unspecified atom stereocenters. The highest BCUT2D eigenvalue weighted by molar-refractivity contribution is 5.78. The second-order valence-electron chi connectivity index (χ2n) is 5.13. The highest BCUT2D eigenvalue weighted by Gasteiger charge is 2.30. The van der Waals surface area contributed by atoms with Crippen LogP contribution < -0.4 is 4.74 Å². The fraction of sp³-hybridized carbons (Fsp3) is 0.294. The van der Waals surface area contributed by atoms with E-state index in [-0.39, 0.29) is 18.6 Å². The SMILES string of the molecule is O=C(COc1ccccc1)N1CCCC1c1cccnc1. The Labute approximate surface area is 124 Å². The van der Waals surface area contributed by atoms with Crippen LogP contribution in [0.1, 0.15) is 24.4 Å². The van der Waals surface area contributed by atoms with Crippen LogP contribution in [0.15, 0.2) is 54.9 Å². The Bertz CT molecular complexity index is 586. The van der Waals surface area contributed by atoms with Crippen molar-refractivity contribution in [1.29, 1.82) is 0 Å². The number of nitrogens with zero attached hydrogens (tertiary/aromatic N) is 2. The molecule has 3 rings (SSSR count). The van der Waals surface area contributed by atoms with E-state index in [1.54, 1.807) is 6.20 Å². The summed E-state index contributed by atoms with van der Waals surface area (Å²) in [6.07, 6.45) is 5.61. The number of hydrogen-bond donors (Lipinski definition) is 0. The van der Waals surface area contributed by atoms with E-state index in [0.29, 0.717) is 0 Å². The normalized spacial score (nSPS) is 17.7. The molecule has 2 aromatic rings. The number of benzene rings is 1. The minimum atomic E-state index is 0.0326. The van der Waals surface area contributed by atoms with Crippen LogP contribution in [0.3, 0.4) is 0 Å². The van der Waals surface area contributed by atoms with Crippen LogP contribution in [0, 0.1) is 0 Å². The molecule has 0 saturated carbocycles. The van der Waals surface area contributed by atoms with Gasteiger partial charge in [-0.25, -0.2) is 0 Å². The lowest BCUT2D eigenvalue weighted by Crippen LogP contribution is -2.34. The van der Waals surface area contributed by atoms with Crippen molar-refractivity contribution in [3.05, 3.63) is 60.4 Å². The molecule has 1 amide bonds. The van der Waals surface area contributed by atoms with E-state index in [2.05, 4.69) is 4.98 Å². The van der Waals surface area contributed by atoms with E-state index in [9.17, 15) is 4.79 Å². The van der Waals surface area contributed by atoms with Gasteiger partial charge in [-0.2, -0.15) is 0 Å². The van der Waals surface area contributed by atoms with Gasteiger partial charge in [0.1, 0.15) is 5.75 Å². The van der Waals surface area contributed by atoms with Crippen LogP contribution in [0.25, 0.3) is 0 Å². The Morgan fingerprint density at radius 3 is 2.86 bits per heavy atom. The van der Waals surface area contributed by atoms with Crippen LogP contribution in [0.5, 0.6) is 5.75 Å². The molecule has 1 aromatic heterocycles. The van der Waals surface area contributed by atoms with E-state index < -0.39 is 0 Å². The second-order valence-corrected chi connectivity index (χ2v) is 5.13. The molecule has 1 saturated heterocycles. The Morgan fingerprint density at radius 2 is 2.10 bits per heavy atom. The van der Waals surface area contributed by atoms with Gasteiger partial charge in [0.2, 0.25) is 0 Å². The smallest absolute Gasteiger partial charge is 0.261 e. The topological polar surface area (TPSA) is 42.4 Å². The first-order chi connectivity index (χ1) is 10.3. The van der Waals surface area contributed by atoms with Crippen molar-refractivity contribution in [3.8, 4) is 5.75 Å². The summed E-state index contributed by atoms with van der Waals surface area (Å²) in [5.41, 5.74) is 1.10. The third kappa shape index (κ3) is 3.21. The van der Waals surface area contributed by atoms with Crippen molar-refractivity contribution in [2.45, 2.75) is 18.9 Å². The molecule has 1 atom stereocenters. The first kappa shape index (κ1) is 13.6. The molecular formula is C17H18N2O2. The molecule has 0 radical (unpaired) electrons. The van der Waals surface area contributed by atoms with E-state index in [1.807, 2.05) is 53.6 Å². The molecule has 1 aliphatic heterocycles. The molecule has 2 heterocycles. The molecule has 108 valence electrons. The Balaban J connectivity index is 1.64. The summed E-state index contributed by atoms with van der Waals surface area (Å²) in [5, 5.41) is 0. The van der Waals surface area contributed by atoms with Gasteiger partial charge in [-0.05, 0) is 36.6 Å². The molecule has 4 heteroatoms. The van der Waals surface area contributed by atoms with Gasteiger partial charge in [-0.15, -0.1) is 0 Å². The summed E-state index contributed by atoms with van der Waals surface area (Å²) in [4.78, 5) is 18.4. The van der Waals surface area contributed by atoms with Gasteiger partial charge in [-0.1, -0.05) is 24.3 Å². The van der Waals surface area contributed by atoms with Crippen molar-refractivity contribution >= 4 is 5.91 Å². The number of carbonyl (C=O) groups is 1. The number of amides is 1. The Morgan fingerprint density at radius 1 is 1.24 bits per heavy atom. The maximum absolute atomic E-state index is 12.4. The van der Waals surface area contributed by atoms with Gasteiger partial charge in [0.25, 0.3) is 5.91 Å². The van der Waals surface area contributed by atoms with Gasteiger partial charge in [0.15, 0.2) is 6.61 Å². The fourth-order valence-electron chi connectivity index (χ4n) is 2.73. The number of ether oxygens (including phenoxy) is 1. The standard InChI is InChI=1S/C17H18N2O2/c20-17(13-21-15-7-2-1-3-8-15)19-11-5-9-16(19)14-6-4-10-18-12-14/h1-4,6-8,10,12,16H,5,9,11,13H2. The number of likely N-dealkylation sites (tertiary alicyclic amines) is 1. The molecule has 0 bridgehead atoms. The Hall–Kier alpha value is -2.36. The van der Waals surface area contributed by atoms with Crippen molar-refractivity contribution < 1.29 is 9.53 Å². The Kier molecular flexibility index (Phi) is 4.15. The average molecular weight is 282 g/mol. The third-order valence-corrected chi connectivity index (χ3v) is 3.75. The zero-order valence-corrected chi connectivity index (χ0v) is 11.8. The quantitative estimate of drug-likeness (QED) is 0.866.